The number of nitrogens with one attached hydrogen (secondary N) is 1. The second-order valence-corrected chi connectivity index (χ2v) is 14.4. The summed E-state index contributed by atoms with van der Waals surface area (Å²) in [5.41, 5.74) is 0.809. The van der Waals surface area contributed by atoms with Crippen LogP contribution in [0.5, 0.6) is 0 Å². The molecule has 0 unspecified atom stereocenters. The summed E-state index contributed by atoms with van der Waals surface area (Å²) in [6.45, 7) is 6.46. The van der Waals surface area contributed by atoms with Crippen LogP contribution >= 0.6 is 0 Å². The van der Waals surface area contributed by atoms with Gasteiger partial charge in [-0.3, -0.25) is 0 Å². The van der Waals surface area contributed by atoms with Crippen molar-refractivity contribution in [2.75, 3.05) is 6.61 Å². The average molecular weight is 520 g/mol. The second kappa shape index (κ2) is 11.3. The maximum absolute atomic E-state index is 12.6. The highest BCUT2D eigenvalue weighted by atomic mass is 28.4. The first-order chi connectivity index (χ1) is 17.7. The largest absolute Gasteiger partial charge is 0.455 e. The summed E-state index contributed by atoms with van der Waals surface area (Å²) in [6, 6.07) is 28.1. The molecule has 1 aliphatic heterocycles. The van der Waals surface area contributed by atoms with Crippen molar-refractivity contribution in [3.8, 4) is 0 Å². The Balaban J connectivity index is 1.49. The highest BCUT2D eigenvalue weighted by molar-refractivity contribution is 6.99. The molecule has 0 saturated carbocycles. The van der Waals surface area contributed by atoms with Gasteiger partial charge < -0.3 is 24.3 Å². The normalized spacial score (nSPS) is 19.8. The number of ether oxygens (including phenoxy) is 2. The van der Waals surface area contributed by atoms with E-state index in [1.54, 1.807) is 0 Å². The van der Waals surface area contributed by atoms with Crippen LogP contribution in [-0.4, -0.2) is 50.3 Å². The van der Waals surface area contributed by atoms with E-state index < -0.39 is 38.6 Å². The number of amides is 1. The summed E-state index contributed by atoms with van der Waals surface area (Å²) in [7, 11) is -2.89. The quantitative estimate of drug-likeness (QED) is 0.351. The first kappa shape index (κ1) is 26.6. The van der Waals surface area contributed by atoms with E-state index in [0.717, 1.165) is 15.9 Å². The summed E-state index contributed by atoms with van der Waals surface area (Å²) in [5.74, 6) is -0.722. The van der Waals surface area contributed by atoms with Crippen molar-refractivity contribution < 1.29 is 28.6 Å². The average Bonchev–Trinajstić information content (AvgIpc) is 3.16. The Morgan fingerprint density at radius 2 is 1.43 bits per heavy atom. The van der Waals surface area contributed by atoms with Gasteiger partial charge in [0, 0.05) is 0 Å². The lowest BCUT2D eigenvalue weighted by molar-refractivity contribution is -0.144. The van der Waals surface area contributed by atoms with Crippen molar-refractivity contribution in [2.24, 2.45) is 0 Å². The molecule has 1 amide bonds. The molecule has 1 heterocycles. The van der Waals surface area contributed by atoms with E-state index in [4.69, 9.17) is 13.9 Å². The Labute approximate surface area is 218 Å². The number of carbonyl (C=O) groups is 2. The van der Waals surface area contributed by atoms with Crippen LogP contribution < -0.4 is 15.7 Å². The molecule has 7 nitrogen and oxygen atoms in total. The molecule has 2 N–H and O–H groups in total. The van der Waals surface area contributed by atoms with Crippen LogP contribution in [0.3, 0.4) is 0 Å². The molecule has 3 atom stereocenters. The van der Waals surface area contributed by atoms with Gasteiger partial charge in [0.25, 0.3) is 8.32 Å². The van der Waals surface area contributed by atoms with Gasteiger partial charge >= 0.3 is 12.1 Å². The third-order valence-electron chi connectivity index (χ3n) is 6.61. The minimum Gasteiger partial charge on any atom is -0.455 e. The van der Waals surface area contributed by atoms with E-state index >= 15 is 0 Å². The molecular formula is C29H33NO6Si. The minimum absolute atomic E-state index is 0.0164. The van der Waals surface area contributed by atoms with Crippen LogP contribution in [0, 0.1) is 0 Å². The van der Waals surface area contributed by atoms with Crippen molar-refractivity contribution in [3.05, 3.63) is 96.6 Å². The molecule has 1 saturated heterocycles. The number of aliphatic hydroxyl groups excluding tert-OH is 1. The van der Waals surface area contributed by atoms with Crippen LogP contribution in [0.15, 0.2) is 91.0 Å². The van der Waals surface area contributed by atoms with Gasteiger partial charge in [-0.15, -0.1) is 0 Å². The monoisotopic (exact) mass is 519 g/mol. The predicted octanol–water partition coefficient (Wildman–Crippen LogP) is 3.14. The van der Waals surface area contributed by atoms with E-state index in [9.17, 15) is 14.7 Å². The highest BCUT2D eigenvalue weighted by Gasteiger charge is 2.52. The lowest BCUT2D eigenvalue weighted by Crippen LogP contribution is -2.67. The van der Waals surface area contributed by atoms with Crippen molar-refractivity contribution in [2.45, 2.75) is 50.7 Å². The Bertz CT molecular complexity index is 1140. The van der Waals surface area contributed by atoms with Crippen LogP contribution in [0.4, 0.5) is 4.79 Å². The zero-order valence-electron chi connectivity index (χ0n) is 21.3. The summed E-state index contributed by atoms with van der Waals surface area (Å²) in [6.07, 6.45) is -3.03. The van der Waals surface area contributed by atoms with Gasteiger partial charge in [0.1, 0.15) is 12.7 Å². The molecule has 8 heteroatoms. The Kier molecular flexibility index (Phi) is 8.12. The lowest BCUT2D eigenvalue weighted by Gasteiger charge is -2.43. The van der Waals surface area contributed by atoms with Crippen molar-refractivity contribution >= 4 is 30.8 Å². The zero-order chi connectivity index (χ0) is 26.5. The van der Waals surface area contributed by atoms with Crippen LogP contribution in [0.1, 0.15) is 26.3 Å². The number of carbonyl (C=O) groups excluding carboxylic acids is 2. The van der Waals surface area contributed by atoms with Crippen molar-refractivity contribution in [1.82, 2.24) is 5.32 Å². The lowest BCUT2D eigenvalue weighted by atomic mass is 10.1. The van der Waals surface area contributed by atoms with E-state index in [-0.39, 0.29) is 18.3 Å². The number of rotatable bonds is 8. The number of cyclic esters (lactones) is 1. The van der Waals surface area contributed by atoms with E-state index in [2.05, 4.69) is 50.4 Å². The molecule has 1 fully saturated rings. The molecular weight excluding hydrogens is 486 g/mol. The Hall–Kier alpha value is -3.46. The Morgan fingerprint density at radius 1 is 0.919 bits per heavy atom. The number of hydrogen-bond donors (Lipinski definition) is 2. The highest BCUT2D eigenvalue weighted by Crippen LogP contribution is 2.37. The maximum atomic E-state index is 12.6. The SMILES string of the molecule is CC(C)(C)[Si](OC[C@H]1OC(=O)[C@H](NC(=O)OCc2ccccc2)[C@H]1O)(c1ccccc1)c1ccccc1. The minimum atomic E-state index is -2.89. The topological polar surface area (TPSA) is 94.1 Å². The third kappa shape index (κ3) is 5.77. The number of aliphatic hydroxyl groups is 1. The van der Waals surface area contributed by atoms with Gasteiger partial charge in [-0.05, 0) is 21.0 Å². The fourth-order valence-corrected chi connectivity index (χ4v) is 9.35. The Morgan fingerprint density at radius 3 is 1.95 bits per heavy atom. The molecule has 0 spiro atoms. The molecule has 4 rings (SSSR count). The smallest absolute Gasteiger partial charge is 0.408 e. The molecule has 0 bridgehead atoms. The number of benzene rings is 3. The molecule has 3 aromatic carbocycles. The van der Waals surface area contributed by atoms with E-state index in [1.807, 2.05) is 66.7 Å². The van der Waals surface area contributed by atoms with Crippen LogP contribution in [-0.2, 0) is 25.3 Å². The molecule has 37 heavy (non-hydrogen) atoms. The summed E-state index contributed by atoms with van der Waals surface area (Å²) >= 11 is 0. The number of alkyl carbamates (subject to hydrolysis) is 1. The van der Waals surface area contributed by atoms with E-state index in [1.165, 1.54) is 0 Å². The van der Waals surface area contributed by atoms with Crippen LogP contribution in [0.2, 0.25) is 5.04 Å². The number of hydrogen-bond acceptors (Lipinski definition) is 6. The summed E-state index contributed by atoms with van der Waals surface area (Å²) in [4.78, 5) is 24.9. The second-order valence-electron chi connectivity index (χ2n) is 10.1. The van der Waals surface area contributed by atoms with Gasteiger partial charge in [-0.1, -0.05) is 112 Å². The van der Waals surface area contributed by atoms with Crippen molar-refractivity contribution in [3.63, 3.8) is 0 Å². The fourth-order valence-electron chi connectivity index (χ4n) is 4.78. The van der Waals surface area contributed by atoms with Gasteiger partial charge in [0.2, 0.25) is 0 Å². The van der Waals surface area contributed by atoms with Gasteiger partial charge in [0.05, 0.1) is 6.61 Å². The van der Waals surface area contributed by atoms with Gasteiger partial charge in [-0.25, -0.2) is 9.59 Å². The fraction of sp³-hybridized carbons (Fsp3) is 0.310. The molecule has 0 aromatic heterocycles. The molecule has 3 aromatic rings. The molecule has 0 aliphatic carbocycles. The predicted molar refractivity (Wildman–Crippen MR) is 143 cm³/mol. The molecule has 194 valence electrons. The van der Waals surface area contributed by atoms with E-state index in [0.29, 0.717) is 0 Å². The third-order valence-corrected chi connectivity index (χ3v) is 11.6. The van der Waals surface area contributed by atoms with Crippen molar-refractivity contribution in [1.29, 1.82) is 0 Å². The van der Waals surface area contributed by atoms with Gasteiger partial charge in [0.15, 0.2) is 12.1 Å². The van der Waals surface area contributed by atoms with Gasteiger partial charge in [-0.2, -0.15) is 0 Å². The molecule has 0 radical (unpaired) electrons. The molecule has 1 aliphatic rings. The number of esters is 1. The van der Waals surface area contributed by atoms with Crippen LogP contribution in [0.25, 0.3) is 0 Å². The zero-order valence-corrected chi connectivity index (χ0v) is 22.3. The summed E-state index contributed by atoms with van der Waals surface area (Å²) in [5, 5.41) is 15.2. The first-order valence-electron chi connectivity index (χ1n) is 12.3. The standard InChI is InChI=1S/C29H33NO6Si/c1-29(2,3)37(22-15-9-5-10-16-22,23-17-11-6-12-18-23)35-20-24-26(31)25(27(32)36-24)30-28(33)34-19-21-13-7-4-8-14-21/h4-18,24-26,31H,19-20H2,1-3H3,(H,30,33)/t24-,25-,26+/m1/s1. The summed E-state index contributed by atoms with van der Waals surface area (Å²) < 4.78 is 17.5. The first-order valence-corrected chi connectivity index (χ1v) is 14.2. The maximum Gasteiger partial charge on any atom is 0.408 e.